The van der Waals surface area contributed by atoms with E-state index < -0.39 is 0 Å². The first kappa shape index (κ1) is 15.4. The van der Waals surface area contributed by atoms with Crippen LogP contribution in [0, 0.1) is 0 Å². The Bertz CT molecular complexity index is 626. The van der Waals surface area contributed by atoms with E-state index in [-0.39, 0.29) is 0 Å². The lowest BCUT2D eigenvalue weighted by atomic mass is 10.1. The van der Waals surface area contributed by atoms with Gasteiger partial charge in [0.05, 0.1) is 26.3 Å². The third-order valence-corrected chi connectivity index (χ3v) is 4.07. The molecule has 0 saturated carbocycles. The smallest absolute Gasteiger partial charge is 0.164 e. The number of nitrogen functional groups attached to an aromatic ring is 1. The predicted octanol–water partition coefficient (Wildman–Crippen LogP) is 3.37. The lowest BCUT2D eigenvalue weighted by Gasteiger charge is -2.13. The van der Waals surface area contributed by atoms with Crippen molar-refractivity contribution < 1.29 is 14.2 Å². The molecule has 0 saturated heterocycles. The van der Waals surface area contributed by atoms with Gasteiger partial charge in [0.1, 0.15) is 16.4 Å². The first-order valence-corrected chi connectivity index (χ1v) is 7.51. The molecule has 0 fully saturated rings. The van der Waals surface area contributed by atoms with E-state index in [1.54, 1.807) is 27.4 Å². The van der Waals surface area contributed by atoms with Crippen LogP contribution < -0.4 is 19.9 Å². The van der Waals surface area contributed by atoms with Gasteiger partial charge in [0.25, 0.3) is 0 Å². The summed E-state index contributed by atoms with van der Waals surface area (Å²) in [5.74, 6) is 1.89. The molecule has 0 spiro atoms. The Hall–Kier alpha value is -1.95. The number of nitrogens with two attached hydrogens (primary N) is 1. The summed E-state index contributed by atoms with van der Waals surface area (Å²) < 4.78 is 16.1. The van der Waals surface area contributed by atoms with Crippen LogP contribution in [0.2, 0.25) is 0 Å². The van der Waals surface area contributed by atoms with Gasteiger partial charge in [-0.15, -0.1) is 11.3 Å². The molecule has 1 aromatic heterocycles. The van der Waals surface area contributed by atoms with E-state index in [0.29, 0.717) is 22.2 Å². The molecular formula is C15H20N2O3S. The number of ether oxygens (including phenoxy) is 3. The standard InChI is InChI=1S/C15H20N2O3S/c1-5-6-13-17-14(15(16)21-13)9-7-11(19-3)12(20-4)8-10(9)18-2/h7-8H,5-6,16H2,1-4H3. The van der Waals surface area contributed by atoms with Crippen LogP contribution in [0.5, 0.6) is 17.2 Å². The zero-order valence-electron chi connectivity index (χ0n) is 12.7. The van der Waals surface area contributed by atoms with Gasteiger partial charge in [-0.25, -0.2) is 4.98 Å². The summed E-state index contributed by atoms with van der Waals surface area (Å²) in [6.45, 7) is 2.12. The first-order chi connectivity index (χ1) is 10.1. The summed E-state index contributed by atoms with van der Waals surface area (Å²) in [6.07, 6.45) is 1.96. The highest BCUT2D eigenvalue weighted by molar-refractivity contribution is 7.16. The zero-order valence-corrected chi connectivity index (χ0v) is 13.5. The van der Waals surface area contributed by atoms with E-state index in [4.69, 9.17) is 19.9 Å². The molecule has 6 heteroatoms. The van der Waals surface area contributed by atoms with E-state index in [1.807, 2.05) is 6.07 Å². The van der Waals surface area contributed by atoms with Crippen LogP contribution in [0.3, 0.4) is 0 Å². The van der Waals surface area contributed by atoms with Crippen LogP contribution in [0.4, 0.5) is 5.00 Å². The minimum Gasteiger partial charge on any atom is -0.496 e. The van der Waals surface area contributed by atoms with Crippen molar-refractivity contribution in [2.45, 2.75) is 19.8 Å². The number of anilines is 1. The fourth-order valence-electron chi connectivity index (χ4n) is 2.11. The first-order valence-electron chi connectivity index (χ1n) is 6.70. The van der Waals surface area contributed by atoms with Gasteiger partial charge in [-0.05, 0) is 18.9 Å². The molecule has 0 aliphatic rings. The number of hydrogen-bond donors (Lipinski definition) is 1. The maximum Gasteiger partial charge on any atom is 0.164 e. The number of benzene rings is 1. The largest absolute Gasteiger partial charge is 0.496 e. The minimum absolute atomic E-state index is 0.612. The monoisotopic (exact) mass is 308 g/mol. The maximum atomic E-state index is 6.12. The highest BCUT2D eigenvalue weighted by atomic mass is 32.1. The molecule has 1 aromatic carbocycles. The van der Waals surface area contributed by atoms with E-state index in [2.05, 4.69) is 11.9 Å². The summed E-state index contributed by atoms with van der Waals surface area (Å²) in [5, 5.41) is 1.71. The van der Waals surface area contributed by atoms with Crippen LogP contribution in [0.25, 0.3) is 11.3 Å². The Balaban J connectivity index is 2.56. The third-order valence-electron chi connectivity index (χ3n) is 3.12. The average Bonchev–Trinajstić information content (AvgIpc) is 2.86. The summed E-state index contributed by atoms with van der Waals surface area (Å²) in [5.41, 5.74) is 7.67. The molecular weight excluding hydrogens is 288 g/mol. The summed E-state index contributed by atoms with van der Waals surface area (Å²) in [7, 11) is 4.80. The van der Waals surface area contributed by atoms with Gasteiger partial charge in [0.15, 0.2) is 11.5 Å². The van der Waals surface area contributed by atoms with Crippen LogP contribution >= 0.6 is 11.3 Å². The molecule has 0 atom stereocenters. The Morgan fingerprint density at radius 2 is 1.67 bits per heavy atom. The molecule has 0 amide bonds. The molecule has 2 aromatic rings. The molecule has 5 nitrogen and oxygen atoms in total. The molecule has 2 N–H and O–H groups in total. The van der Waals surface area contributed by atoms with Crippen molar-refractivity contribution in [2.24, 2.45) is 0 Å². The van der Waals surface area contributed by atoms with Crippen molar-refractivity contribution in [3.63, 3.8) is 0 Å². The van der Waals surface area contributed by atoms with Gasteiger partial charge in [0.2, 0.25) is 0 Å². The van der Waals surface area contributed by atoms with Crippen molar-refractivity contribution >= 4 is 16.3 Å². The second-order valence-corrected chi connectivity index (χ2v) is 5.59. The summed E-state index contributed by atoms with van der Waals surface area (Å²) in [4.78, 5) is 4.63. The van der Waals surface area contributed by atoms with Gasteiger partial charge in [-0.1, -0.05) is 6.92 Å². The Morgan fingerprint density at radius 3 is 2.24 bits per heavy atom. The van der Waals surface area contributed by atoms with Crippen LogP contribution in [0.1, 0.15) is 18.4 Å². The predicted molar refractivity (Wildman–Crippen MR) is 85.6 cm³/mol. The number of aryl methyl sites for hydroxylation is 1. The lowest BCUT2D eigenvalue weighted by molar-refractivity contribution is 0.349. The van der Waals surface area contributed by atoms with Gasteiger partial charge < -0.3 is 19.9 Å². The lowest BCUT2D eigenvalue weighted by Crippen LogP contribution is -1.96. The van der Waals surface area contributed by atoms with Crippen molar-refractivity contribution in [1.29, 1.82) is 0 Å². The molecule has 0 aliphatic carbocycles. The maximum absolute atomic E-state index is 6.12. The normalized spacial score (nSPS) is 10.5. The number of nitrogens with zero attached hydrogens (tertiary/aromatic N) is 1. The minimum atomic E-state index is 0.612. The van der Waals surface area contributed by atoms with Gasteiger partial charge in [0, 0.05) is 11.6 Å². The summed E-state index contributed by atoms with van der Waals surface area (Å²) in [6, 6.07) is 3.63. The fraction of sp³-hybridized carbons (Fsp3) is 0.400. The van der Waals surface area contributed by atoms with E-state index in [1.165, 1.54) is 11.3 Å². The molecule has 21 heavy (non-hydrogen) atoms. The van der Waals surface area contributed by atoms with E-state index >= 15 is 0 Å². The van der Waals surface area contributed by atoms with E-state index in [9.17, 15) is 0 Å². The molecule has 1 heterocycles. The van der Waals surface area contributed by atoms with Crippen molar-refractivity contribution in [3.8, 4) is 28.5 Å². The molecule has 0 radical (unpaired) electrons. The van der Waals surface area contributed by atoms with Gasteiger partial charge in [-0.3, -0.25) is 0 Å². The fourth-order valence-corrected chi connectivity index (χ4v) is 3.06. The van der Waals surface area contributed by atoms with Crippen molar-refractivity contribution in [2.75, 3.05) is 27.1 Å². The van der Waals surface area contributed by atoms with Gasteiger partial charge >= 0.3 is 0 Å². The zero-order chi connectivity index (χ0) is 15.4. The number of methoxy groups -OCH3 is 3. The molecule has 114 valence electrons. The number of rotatable bonds is 6. The van der Waals surface area contributed by atoms with Crippen LogP contribution in [-0.2, 0) is 6.42 Å². The molecule has 0 aliphatic heterocycles. The Kier molecular flexibility index (Phi) is 4.90. The number of hydrogen-bond acceptors (Lipinski definition) is 6. The van der Waals surface area contributed by atoms with Gasteiger partial charge in [-0.2, -0.15) is 0 Å². The Morgan fingerprint density at radius 1 is 1.05 bits per heavy atom. The SMILES string of the molecule is CCCc1nc(-c2cc(OC)c(OC)cc2OC)c(N)s1. The average molecular weight is 308 g/mol. The highest BCUT2D eigenvalue weighted by Crippen LogP contribution is 2.42. The second-order valence-electron chi connectivity index (χ2n) is 4.48. The van der Waals surface area contributed by atoms with Crippen LogP contribution in [0.15, 0.2) is 12.1 Å². The van der Waals surface area contributed by atoms with Crippen molar-refractivity contribution in [3.05, 3.63) is 17.1 Å². The molecule has 0 bridgehead atoms. The molecule has 0 unspecified atom stereocenters. The third kappa shape index (κ3) is 3.05. The molecule has 2 rings (SSSR count). The quantitative estimate of drug-likeness (QED) is 0.886. The Labute approximate surface area is 128 Å². The number of thiazole rings is 1. The second kappa shape index (κ2) is 6.67. The topological polar surface area (TPSA) is 66.6 Å². The highest BCUT2D eigenvalue weighted by Gasteiger charge is 2.18. The van der Waals surface area contributed by atoms with Crippen LogP contribution in [-0.4, -0.2) is 26.3 Å². The van der Waals surface area contributed by atoms with Crippen molar-refractivity contribution in [1.82, 2.24) is 4.98 Å². The number of aromatic nitrogens is 1. The summed E-state index contributed by atoms with van der Waals surface area (Å²) >= 11 is 1.52. The van der Waals surface area contributed by atoms with E-state index in [0.717, 1.165) is 29.1 Å².